The summed E-state index contributed by atoms with van der Waals surface area (Å²) in [6, 6.07) is 11.1. The Labute approximate surface area is 235 Å². The number of anilines is 1. The molecule has 38 heavy (non-hydrogen) atoms. The zero-order valence-corrected chi connectivity index (χ0v) is 24.3. The first kappa shape index (κ1) is 30.1. The first-order valence-corrected chi connectivity index (χ1v) is 15.3. The van der Waals surface area contributed by atoms with Crippen molar-refractivity contribution in [3.63, 3.8) is 0 Å². The van der Waals surface area contributed by atoms with Crippen LogP contribution in [0.3, 0.4) is 0 Å². The number of methoxy groups -OCH3 is 1. The predicted molar refractivity (Wildman–Crippen MR) is 151 cm³/mol. The summed E-state index contributed by atoms with van der Waals surface area (Å²) >= 11 is 12.5. The lowest BCUT2D eigenvalue weighted by Crippen LogP contribution is -2.54. The molecule has 1 fully saturated rings. The van der Waals surface area contributed by atoms with Gasteiger partial charge in [0.1, 0.15) is 18.3 Å². The number of nitrogens with zero attached hydrogens (tertiary/aromatic N) is 2. The monoisotopic (exact) mass is 583 g/mol. The van der Waals surface area contributed by atoms with Crippen molar-refractivity contribution in [2.45, 2.75) is 64.1 Å². The SMILES string of the molecule is CCC(C(=O)NC1CCCCC1)N(Cc1cccc(OC)c1)C(=O)CN(c1cccc(Cl)c1Cl)S(C)(=O)=O. The summed E-state index contributed by atoms with van der Waals surface area (Å²) in [6.45, 7) is 1.38. The van der Waals surface area contributed by atoms with Crippen molar-refractivity contribution in [2.24, 2.45) is 0 Å². The third kappa shape index (κ3) is 7.77. The molecule has 0 saturated heterocycles. The normalized spacial score (nSPS) is 15.0. The summed E-state index contributed by atoms with van der Waals surface area (Å²) in [5.74, 6) is -0.180. The van der Waals surface area contributed by atoms with Gasteiger partial charge in [-0.15, -0.1) is 0 Å². The molecule has 11 heteroatoms. The van der Waals surface area contributed by atoms with E-state index in [9.17, 15) is 18.0 Å². The number of halogens is 2. The number of nitrogens with one attached hydrogen (secondary N) is 1. The third-order valence-corrected chi connectivity index (χ3v) is 8.64. The van der Waals surface area contributed by atoms with Gasteiger partial charge in [0, 0.05) is 12.6 Å². The van der Waals surface area contributed by atoms with Crippen molar-refractivity contribution in [1.29, 1.82) is 0 Å². The fourth-order valence-electron chi connectivity index (χ4n) is 4.71. The highest BCUT2D eigenvalue weighted by Crippen LogP contribution is 2.34. The number of rotatable bonds is 11. The second-order valence-corrected chi connectivity index (χ2v) is 12.2. The number of hydrogen-bond acceptors (Lipinski definition) is 5. The fraction of sp³-hybridized carbons (Fsp3) is 0.481. The maximum Gasteiger partial charge on any atom is 0.244 e. The Morgan fingerprint density at radius 2 is 1.79 bits per heavy atom. The van der Waals surface area contributed by atoms with Gasteiger partial charge in [-0.1, -0.05) is 67.6 Å². The second-order valence-electron chi connectivity index (χ2n) is 9.48. The van der Waals surface area contributed by atoms with E-state index in [0.29, 0.717) is 12.2 Å². The Balaban J connectivity index is 1.96. The van der Waals surface area contributed by atoms with Crippen molar-refractivity contribution in [1.82, 2.24) is 10.2 Å². The van der Waals surface area contributed by atoms with Gasteiger partial charge in [-0.25, -0.2) is 8.42 Å². The van der Waals surface area contributed by atoms with E-state index >= 15 is 0 Å². The largest absolute Gasteiger partial charge is 0.497 e. The van der Waals surface area contributed by atoms with Gasteiger partial charge >= 0.3 is 0 Å². The maximum atomic E-state index is 13.9. The number of amides is 2. The molecule has 1 atom stereocenters. The van der Waals surface area contributed by atoms with Gasteiger partial charge in [0.2, 0.25) is 21.8 Å². The molecule has 1 aliphatic carbocycles. The van der Waals surface area contributed by atoms with E-state index < -0.39 is 28.5 Å². The predicted octanol–water partition coefficient (Wildman–Crippen LogP) is 5.02. The molecule has 0 aromatic heterocycles. The van der Waals surface area contributed by atoms with Gasteiger partial charge in [-0.2, -0.15) is 0 Å². The molecule has 1 aliphatic rings. The number of benzene rings is 2. The zero-order chi connectivity index (χ0) is 27.9. The van der Waals surface area contributed by atoms with Gasteiger partial charge in [0.15, 0.2) is 0 Å². The Morgan fingerprint density at radius 1 is 1.11 bits per heavy atom. The Hall–Kier alpha value is -2.49. The second kappa shape index (κ2) is 13.5. The molecule has 3 rings (SSSR count). The Bertz CT molecular complexity index is 1230. The zero-order valence-electron chi connectivity index (χ0n) is 22.0. The Morgan fingerprint density at radius 3 is 2.42 bits per heavy atom. The van der Waals surface area contributed by atoms with Crippen LogP contribution in [0, 0.1) is 0 Å². The standard InChI is InChI=1S/C27H35Cl2N3O5S/c1-4-23(27(34)30-20-11-6-5-7-12-20)31(17-19-10-8-13-21(16-19)37-2)25(33)18-32(38(3,35)36)24-15-9-14-22(28)26(24)29/h8-10,13-16,20,23H,4-7,11-12,17-18H2,1-3H3,(H,30,34). The first-order chi connectivity index (χ1) is 18.0. The van der Waals surface area contributed by atoms with E-state index in [2.05, 4.69) is 5.32 Å². The van der Waals surface area contributed by atoms with Gasteiger partial charge in [-0.05, 0) is 49.1 Å². The van der Waals surface area contributed by atoms with Crippen LogP contribution in [0.25, 0.3) is 0 Å². The van der Waals surface area contributed by atoms with E-state index in [1.807, 2.05) is 13.0 Å². The third-order valence-electron chi connectivity index (χ3n) is 6.70. The molecule has 208 valence electrons. The number of carbonyl (C=O) groups excluding carboxylic acids is 2. The molecule has 1 N–H and O–H groups in total. The molecule has 2 amide bonds. The smallest absolute Gasteiger partial charge is 0.244 e. The van der Waals surface area contributed by atoms with Crippen molar-refractivity contribution in [2.75, 3.05) is 24.2 Å². The van der Waals surface area contributed by atoms with Gasteiger partial charge in [-0.3, -0.25) is 13.9 Å². The summed E-state index contributed by atoms with van der Waals surface area (Å²) in [7, 11) is -2.37. The van der Waals surface area contributed by atoms with Crippen molar-refractivity contribution >= 4 is 50.7 Å². The van der Waals surface area contributed by atoms with Crippen molar-refractivity contribution in [3.05, 3.63) is 58.1 Å². The number of carbonyl (C=O) groups is 2. The summed E-state index contributed by atoms with van der Waals surface area (Å²) < 4.78 is 31.8. The van der Waals surface area contributed by atoms with E-state index in [1.165, 1.54) is 17.0 Å². The molecule has 8 nitrogen and oxygen atoms in total. The highest BCUT2D eigenvalue weighted by molar-refractivity contribution is 7.92. The lowest BCUT2D eigenvalue weighted by molar-refractivity contribution is -0.140. The van der Waals surface area contributed by atoms with Crippen LogP contribution in [-0.4, -0.2) is 57.1 Å². The van der Waals surface area contributed by atoms with E-state index in [1.54, 1.807) is 31.4 Å². The van der Waals surface area contributed by atoms with Crippen LogP contribution >= 0.6 is 23.2 Å². The molecule has 0 bridgehead atoms. The average molecular weight is 585 g/mol. The molecular formula is C27H35Cl2N3O5S. The van der Waals surface area contributed by atoms with Gasteiger partial charge in [0.05, 0.1) is 29.1 Å². The van der Waals surface area contributed by atoms with Gasteiger partial charge < -0.3 is 15.0 Å². The lowest BCUT2D eigenvalue weighted by atomic mass is 9.95. The van der Waals surface area contributed by atoms with Crippen LogP contribution in [-0.2, 0) is 26.2 Å². The van der Waals surface area contributed by atoms with Crippen LogP contribution < -0.4 is 14.4 Å². The van der Waals surface area contributed by atoms with Crippen LogP contribution in [0.15, 0.2) is 42.5 Å². The van der Waals surface area contributed by atoms with E-state index in [0.717, 1.165) is 48.2 Å². The summed E-state index contributed by atoms with van der Waals surface area (Å²) in [6.07, 6.45) is 6.41. The Kier molecular flexibility index (Phi) is 10.7. The van der Waals surface area contributed by atoms with Crippen LogP contribution in [0.5, 0.6) is 5.75 Å². The first-order valence-electron chi connectivity index (χ1n) is 12.7. The highest BCUT2D eigenvalue weighted by Gasteiger charge is 2.33. The molecular weight excluding hydrogens is 549 g/mol. The highest BCUT2D eigenvalue weighted by atomic mass is 35.5. The summed E-state index contributed by atoms with van der Waals surface area (Å²) in [4.78, 5) is 28.7. The van der Waals surface area contributed by atoms with Crippen molar-refractivity contribution in [3.8, 4) is 5.75 Å². The van der Waals surface area contributed by atoms with E-state index in [-0.39, 0.29) is 34.2 Å². The molecule has 2 aromatic rings. The minimum Gasteiger partial charge on any atom is -0.497 e. The molecule has 0 heterocycles. The average Bonchev–Trinajstić information content (AvgIpc) is 2.89. The quantitative estimate of drug-likeness (QED) is 0.400. The van der Waals surface area contributed by atoms with Gasteiger partial charge in [0.25, 0.3) is 0 Å². The minimum atomic E-state index is -3.92. The molecule has 0 aliphatic heterocycles. The van der Waals surface area contributed by atoms with Crippen LogP contribution in [0.2, 0.25) is 10.0 Å². The number of ether oxygens (including phenoxy) is 1. The lowest BCUT2D eigenvalue weighted by Gasteiger charge is -2.34. The van der Waals surface area contributed by atoms with Crippen LogP contribution in [0.1, 0.15) is 51.0 Å². The number of sulfonamides is 1. The molecule has 1 unspecified atom stereocenters. The minimum absolute atomic E-state index is 0.0221. The summed E-state index contributed by atoms with van der Waals surface area (Å²) in [5, 5.41) is 3.30. The van der Waals surface area contributed by atoms with Crippen LogP contribution in [0.4, 0.5) is 5.69 Å². The molecule has 0 spiro atoms. The maximum absolute atomic E-state index is 13.9. The molecule has 2 aromatic carbocycles. The molecule has 1 saturated carbocycles. The fourth-order valence-corrected chi connectivity index (χ4v) is 6.01. The summed E-state index contributed by atoms with van der Waals surface area (Å²) in [5.41, 5.74) is 0.837. The van der Waals surface area contributed by atoms with Crippen molar-refractivity contribution < 1.29 is 22.7 Å². The molecule has 0 radical (unpaired) electrons. The topological polar surface area (TPSA) is 96.0 Å². The number of hydrogen-bond donors (Lipinski definition) is 1. The van der Waals surface area contributed by atoms with E-state index in [4.69, 9.17) is 27.9 Å².